The number of benzene rings is 1. The van der Waals surface area contributed by atoms with Gasteiger partial charge in [-0.25, -0.2) is 0 Å². The summed E-state index contributed by atoms with van der Waals surface area (Å²) in [6, 6.07) is 9.48. The Balaban J connectivity index is 0.00000121. The average molecular weight is 248 g/mol. The fraction of sp³-hybridized carbons (Fsp3) is 0.125. The first kappa shape index (κ1) is 11.7. The highest BCUT2D eigenvalue weighted by Crippen LogP contribution is 2.16. The van der Waals surface area contributed by atoms with Crippen molar-refractivity contribution in [2.45, 2.75) is 4.90 Å². The molecule has 1 aromatic carbocycles. The Bertz CT molecular complexity index is 240. The Morgan fingerprint density at radius 1 is 1.33 bits per heavy atom. The minimum atomic E-state index is -0.00352. The third-order valence-electron chi connectivity index (χ3n) is 1.14. The van der Waals surface area contributed by atoms with Gasteiger partial charge in [0.1, 0.15) is 0 Å². The van der Waals surface area contributed by atoms with E-state index in [1.54, 1.807) is 0 Å². The van der Waals surface area contributed by atoms with E-state index in [0.29, 0.717) is 0 Å². The SMILES string of the molecule is Br.NCC(=O)Sc1ccccc1. The summed E-state index contributed by atoms with van der Waals surface area (Å²) in [7, 11) is 0. The first-order chi connectivity index (χ1) is 5.33. The Morgan fingerprint density at radius 3 is 2.42 bits per heavy atom. The molecule has 0 spiro atoms. The van der Waals surface area contributed by atoms with Crippen LogP contribution in [0.25, 0.3) is 0 Å². The third kappa shape index (κ3) is 3.90. The molecule has 0 fully saturated rings. The van der Waals surface area contributed by atoms with Crippen LogP contribution in [-0.2, 0) is 4.79 Å². The van der Waals surface area contributed by atoms with E-state index in [-0.39, 0.29) is 28.6 Å². The van der Waals surface area contributed by atoms with Crippen LogP contribution in [-0.4, -0.2) is 11.7 Å². The summed E-state index contributed by atoms with van der Waals surface area (Å²) in [6.45, 7) is 0.0968. The molecule has 0 bridgehead atoms. The van der Waals surface area contributed by atoms with E-state index in [2.05, 4.69) is 0 Å². The summed E-state index contributed by atoms with van der Waals surface area (Å²) < 4.78 is 0. The zero-order valence-corrected chi connectivity index (χ0v) is 8.93. The van der Waals surface area contributed by atoms with Gasteiger partial charge in [0.25, 0.3) is 0 Å². The van der Waals surface area contributed by atoms with Crippen LogP contribution in [0.2, 0.25) is 0 Å². The highest BCUT2D eigenvalue weighted by Gasteiger charge is 1.99. The molecule has 0 radical (unpaired) electrons. The highest BCUT2D eigenvalue weighted by molar-refractivity contribution is 8.93. The second-order valence-corrected chi connectivity index (χ2v) is 3.12. The maximum atomic E-state index is 10.8. The van der Waals surface area contributed by atoms with Crippen LogP contribution in [0.4, 0.5) is 0 Å². The van der Waals surface area contributed by atoms with Crippen LogP contribution in [0.15, 0.2) is 35.2 Å². The molecule has 0 atom stereocenters. The van der Waals surface area contributed by atoms with Gasteiger partial charge in [0.15, 0.2) is 0 Å². The lowest BCUT2D eigenvalue weighted by atomic mass is 10.4. The van der Waals surface area contributed by atoms with Crippen LogP contribution in [0.3, 0.4) is 0 Å². The van der Waals surface area contributed by atoms with E-state index in [4.69, 9.17) is 5.73 Å². The smallest absolute Gasteiger partial charge is 0.207 e. The Labute approximate surface area is 86.3 Å². The van der Waals surface area contributed by atoms with Crippen LogP contribution in [0.5, 0.6) is 0 Å². The topological polar surface area (TPSA) is 43.1 Å². The molecule has 0 heterocycles. The fourth-order valence-corrected chi connectivity index (χ4v) is 1.30. The fourth-order valence-electron chi connectivity index (χ4n) is 0.662. The van der Waals surface area contributed by atoms with Gasteiger partial charge in [-0.2, -0.15) is 0 Å². The molecule has 0 saturated carbocycles. The summed E-state index contributed by atoms with van der Waals surface area (Å²) in [5.74, 6) is 0. The van der Waals surface area contributed by atoms with E-state index >= 15 is 0 Å². The van der Waals surface area contributed by atoms with E-state index in [1.165, 1.54) is 11.8 Å². The van der Waals surface area contributed by atoms with Gasteiger partial charge in [0, 0.05) is 4.90 Å². The van der Waals surface area contributed by atoms with E-state index in [1.807, 2.05) is 30.3 Å². The minimum Gasteiger partial charge on any atom is -0.323 e. The summed E-state index contributed by atoms with van der Waals surface area (Å²) in [6.07, 6.45) is 0. The van der Waals surface area contributed by atoms with Crippen molar-refractivity contribution in [1.82, 2.24) is 0 Å². The molecule has 0 aliphatic rings. The predicted molar refractivity (Wildman–Crippen MR) is 56.7 cm³/mol. The average Bonchev–Trinajstić information content (AvgIpc) is 2.06. The van der Waals surface area contributed by atoms with Gasteiger partial charge in [-0.3, -0.25) is 4.79 Å². The largest absolute Gasteiger partial charge is 0.323 e. The predicted octanol–water partition coefficient (Wildman–Crippen LogP) is 1.84. The Morgan fingerprint density at radius 2 is 1.92 bits per heavy atom. The number of rotatable bonds is 2. The minimum absolute atomic E-state index is 0. The monoisotopic (exact) mass is 247 g/mol. The number of halogens is 1. The lowest BCUT2D eigenvalue weighted by Gasteiger charge is -1.95. The molecule has 66 valence electrons. The number of carbonyl (C=O) groups is 1. The van der Waals surface area contributed by atoms with Crippen LogP contribution in [0.1, 0.15) is 0 Å². The molecule has 0 unspecified atom stereocenters. The lowest BCUT2D eigenvalue weighted by molar-refractivity contribution is -0.109. The van der Waals surface area contributed by atoms with Crippen LogP contribution >= 0.6 is 28.7 Å². The van der Waals surface area contributed by atoms with Crippen LogP contribution in [0, 0.1) is 0 Å². The molecular formula is C8H10BrNOS. The van der Waals surface area contributed by atoms with E-state index in [0.717, 1.165) is 4.90 Å². The van der Waals surface area contributed by atoms with Gasteiger partial charge in [-0.1, -0.05) is 30.0 Å². The van der Waals surface area contributed by atoms with Gasteiger partial charge >= 0.3 is 0 Å². The van der Waals surface area contributed by atoms with Crippen molar-refractivity contribution in [3.63, 3.8) is 0 Å². The van der Waals surface area contributed by atoms with E-state index < -0.39 is 0 Å². The summed E-state index contributed by atoms with van der Waals surface area (Å²) in [5, 5.41) is -0.00352. The zero-order valence-electron chi connectivity index (χ0n) is 6.40. The van der Waals surface area contributed by atoms with Gasteiger partial charge in [-0.15, -0.1) is 17.0 Å². The highest BCUT2D eigenvalue weighted by atomic mass is 79.9. The third-order valence-corrected chi connectivity index (χ3v) is 2.04. The van der Waals surface area contributed by atoms with Crippen molar-refractivity contribution in [3.8, 4) is 0 Å². The molecule has 0 amide bonds. The zero-order chi connectivity index (χ0) is 8.10. The van der Waals surface area contributed by atoms with Gasteiger partial charge in [0.05, 0.1) is 6.54 Å². The molecule has 1 rings (SSSR count). The second-order valence-electron chi connectivity index (χ2n) is 1.99. The van der Waals surface area contributed by atoms with E-state index in [9.17, 15) is 4.79 Å². The molecule has 1 aromatic rings. The Hall–Kier alpha value is -0.320. The van der Waals surface area contributed by atoms with Crippen molar-refractivity contribution in [3.05, 3.63) is 30.3 Å². The standard InChI is InChI=1S/C8H9NOS.BrH/c9-6-8(10)11-7-4-2-1-3-5-7;/h1-5H,6,9H2;1H. The maximum absolute atomic E-state index is 10.8. The molecule has 0 aliphatic heterocycles. The van der Waals surface area contributed by atoms with Crippen molar-refractivity contribution >= 4 is 33.9 Å². The normalized spacial score (nSPS) is 8.75. The van der Waals surface area contributed by atoms with Crippen molar-refractivity contribution < 1.29 is 4.79 Å². The second kappa shape index (κ2) is 6.22. The molecular weight excluding hydrogens is 238 g/mol. The summed E-state index contributed by atoms with van der Waals surface area (Å²) in [5.41, 5.74) is 5.15. The van der Waals surface area contributed by atoms with Gasteiger partial charge < -0.3 is 5.73 Å². The van der Waals surface area contributed by atoms with Gasteiger partial charge in [0.2, 0.25) is 5.12 Å². The molecule has 4 heteroatoms. The molecule has 2 nitrogen and oxygen atoms in total. The quantitative estimate of drug-likeness (QED) is 0.812. The number of thioether (sulfide) groups is 1. The van der Waals surface area contributed by atoms with Crippen molar-refractivity contribution in [1.29, 1.82) is 0 Å². The summed E-state index contributed by atoms with van der Waals surface area (Å²) >= 11 is 1.18. The Kier molecular flexibility index (Phi) is 6.06. The molecule has 0 aliphatic carbocycles. The number of hydrogen-bond acceptors (Lipinski definition) is 3. The number of nitrogens with two attached hydrogens (primary N) is 1. The van der Waals surface area contributed by atoms with Crippen molar-refractivity contribution in [2.24, 2.45) is 5.73 Å². The molecule has 0 aromatic heterocycles. The summed E-state index contributed by atoms with van der Waals surface area (Å²) in [4.78, 5) is 11.8. The number of hydrogen-bond donors (Lipinski definition) is 1. The maximum Gasteiger partial charge on any atom is 0.207 e. The first-order valence-corrected chi connectivity index (χ1v) is 4.10. The van der Waals surface area contributed by atoms with Gasteiger partial charge in [-0.05, 0) is 12.1 Å². The van der Waals surface area contributed by atoms with Crippen LogP contribution < -0.4 is 5.73 Å². The molecule has 0 saturated heterocycles. The number of carbonyl (C=O) groups excluding carboxylic acids is 1. The molecule has 2 N–H and O–H groups in total. The lowest BCUT2D eigenvalue weighted by Crippen LogP contribution is -2.08. The van der Waals surface area contributed by atoms with Crippen molar-refractivity contribution in [2.75, 3.05) is 6.54 Å². The molecule has 12 heavy (non-hydrogen) atoms. The first-order valence-electron chi connectivity index (χ1n) is 3.28.